The van der Waals surface area contributed by atoms with Crippen molar-refractivity contribution < 1.29 is 17.9 Å². The molecule has 0 heterocycles. The van der Waals surface area contributed by atoms with Gasteiger partial charge in [-0.1, -0.05) is 37.6 Å². The molecular weight excluding hydrogens is 279 g/mol. The molecule has 0 amide bonds. The summed E-state index contributed by atoms with van der Waals surface area (Å²) in [6, 6.07) is 4.90. The van der Waals surface area contributed by atoms with E-state index < -0.39 is 12.8 Å². The topological polar surface area (TPSA) is 21.3 Å². The molecule has 0 aliphatic rings. The first kappa shape index (κ1) is 16.1. The molecule has 0 unspecified atom stereocenters. The van der Waals surface area contributed by atoms with Crippen LogP contribution in [-0.4, -0.2) is 19.3 Å². The lowest BCUT2D eigenvalue weighted by Gasteiger charge is -2.15. The number of alkyl halides is 3. The van der Waals surface area contributed by atoms with Gasteiger partial charge in [0, 0.05) is 12.1 Å². The summed E-state index contributed by atoms with van der Waals surface area (Å²) in [6.45, 7) is 3.95. The van der Waals surface area contributed by atoms with Gasteiger partial charge in [-0.15, -0.1) is 0 Å². The van der Waals surface area contributed by atoms with E-state index in [4.69, 9.17) is 16.3 Å². The molecule has 2 nitrogen and oxygen atoms in total. The molecule has 0 fully saturated rings. The first-order valence-corrected chi connectivity index (χ1v) is 6.35. The van der Waals surface area contributed by atoms with Crippen LogP contribution in [0.3, 0.4) is 0 Å². The summed E-state index contributed by atoms with van der Waals surface area (Å²) in [5, 5.41) is 3.33. The van der Waals surface area contributed by atoms with Gasteiger partial charge in [-0.2, -0.15) is 13.2 Å². The van der Waals surface area contributed by atoms with Crippen LogP contribution in [0.25, 0.3) is 0 Å². The van der Waals surface area contributed by atoms with E-state index in [9.17, 15) is 13.2 Å². The minimum atomic E-state index is -4.37. The predicted octanol–water partition coefficient (Wildman–Crippen LogP) is 4.03. The maximum atomic E-state index is 12.2. The molecule has 0 saturated heterocycles. The monoisotopic (exact) mass is 295 g/mol. The van der Waals surface area contributed by atoms with Gasteiger partial charge in [0.2, 0.25) is 0 Å². The second-order valence-corrected chi connectivity index (χ2v) is 5.06. The van der Waals surface area contributed by atoms with Gasteiger partial charge in [0.1, 0.15) is 5.75 Å². The van der Waals surface area contributed by atoms with E-state index in [-0.39, 0.29) is 10.8 Å². The van der Waals surface area contributed by atoms with Gasteiger partial charge in [0.05, 0.1) is 5.02 Å². The van der Waals surface area contributed by atoms with Gasteiger partial charge in [0.25, 0.3) is 0 Å². The Morgan fingerprint density at radius 1 is 1.32 bits per heavy atom. The zero-order valence-corrected chi connectivity index (χ0v) is 11.6. The van der Waals surface area contributed by atoms with Crippen LogP contribution in [0.1, 0.15) is 19.4 Å². The van der Waals surface area contributed by atoms with Crippen molar-refractivity contribution in [3.05, 3.63) is 28.8 Å². The summed E-state index contributed by atoms with van der Waals surface area (Å²) in [5.74, 6) is 0.552. The van der Waals surface area contributed by atoms with Gasteiger partial charge < -0.3 is 10.1 Å². The molecule has 0 aromatic heterocycles. The SMILES string of the molecule is CC(C)CNCc1cccc(Cl)c1OCC(F)(F)F. The molecular formula is C13H17ClF3NO. The molecule has 0 bridgehead atoms. The Balaban J connectivity index is 2.72. The fourth-order valence-corrected chi connectivity index (χ4v) is 1.75. The molecule has 1 aromatic carbocycles. The van der Waals surface area contributed by atoms with Crippen molar-refractivity contribution in [2.24, 2.45) is 5.92 Å². The molecule has 1 N–H and O–H groups in total. The maximum absolute atomic E-state index is 12.2. The average molecular weight is 296 g/mol. The van der Waals surface area contributed by atoms with Crippen LogP contribution >= 0.6 is 11.6 Å². The lowest BCUT2D eigenvalue weighted by Crippen LogP contribution is -2.22. The fraction of sp³-hybridized carbons (Fsp3) is 0.538. The van der Waals surface area contributed by atoms with E-state index in [1.54, 1.807) is 12.1 Å². The number of benzene rings is 1. The molecule has 0 spiro atoms. The second-order valence-electron chi connectivity index (χ2n) is 4.66. The van der Waals surface area contributed by atoms with Crippen molar-refractivity contribution in [3.63, 3.8) is 0 Å². The molecule has 0 saturated carbocycles. The Bertz CT molecular complexity index is 407. The van der Waals surface area contributed by atoms with Gasteiger partial charge >= 0.3 is 6.18 Å². The molecule has 0 atom stereocenters. The van der Waals surface area contributed by atoms with Crippen molar-refractivity contribution >= 4 is 11.6 Å². The highest BCUT2D eigenvalue weighted by Gasteiger charge is 2.29. The largest absolute Gasteiger partial charge is 0.482 e. The first-order valence-electron chi connectivity index (χ1n) is 5.97. The summed E-state index contributed by atoms with van der Waals surface area (Å²) in [4.78, 5) is 0. The lowest BCUT2D eigenvalue weighted by atomic mass is 10.2. The maximum Gasteiger partial charge on any atom is 0.422 e. The highest BCUT2D eigenvalue weighted by atomic mass is 35.5. The van der Waals surface area contributed by atoms with Crippen molar-refractivity contribution in [2.75, 3.05) is 13.2 Å². The molecule has 1 aromatic rings. The van der Waals surface area contributed by atoms with Crippen LogP contribution in [0.4, 0.5) is 13.2 Å². The molecule has 19 heavy (non-hydrogen) atoms. The van der Waals surface area contributed by atoms with Gasteiger partial charge in [0.15, 0.2) is 6.61 Å². The number of hydrogen-bond donors (Lipinski definition) is 1. The Labute approximate surface area is 115 Å². The number of para-hydroxylation sites is 1. The fourth-order valence-electron chi connectivity index (χ4n) is 1.50. The third-order valence-corrected chi connectivity index (χ3v) is 2.59. The van der Waals surface area contributed by atoms with Crippen molar-refractivity contribution in [1.29, 1.82) is 0 Å². The summed E-state index contributed by atoms with van der Waals surface area (Å²) in [7, 11) is 0. The number of hydrogen-bond acceptors (Lipinski definition) is 2. The predicted molar refractivity (Wildman–Crippen MR) is 69.5 cm³/mol. The minimum Gasteiger partial charge on any atom is -0.482 e. The van der Waals surface area contributed by atoms with Crippen LogP contribution < -0.4 is 10.1 Å². The van der Waals surface area contributed by atoms with E-state index >= 15 is 0 Å². The smallest absolute Gasteiger partial charge is 0.422 e. The molecule has 1 rings (SSSR count). The summed E-state index contributed by atoms with van der Waals surface area (Å²) >= 11 is 5.88. The first-order chi connectivity index (χ1) is 8.79. The van der Waals surface area contributed by atoms with Gasteiger partial charge in [-0.05, 0) is 18.5 Å². The van der Waals surface area contributed by atoms with E-state index in [1.165, 1.54) is 6.07 Å². The Kier molecular flexibility index (Phi) is 5.94. The molecule has 6 heteroatoms. The van der Waals surface area contributed by atoms with Crippen LogP contribution in [0.2, 0.25) is 5.02 Å². The normalized spacial score (nSPS) is 11.9. The second kappa shape index (κ2) is 7.01. The Morgan fingerprint density at radius 3 is 2.58 bits per heavy atom. The third-order valence-electron chi connectivity index (χ3n) is 2.30. The Hall–Kier alpha value is -0.940. The lowest BCUT2D eigenvalue weighted by molar-refractivity contribution is -0.153. The number of ether oxygens (including phenoxy) is 1. The zero-order valence-electron chi connectivity index (χ0n) is 10.9. The van der Waals surface area contributed by atoms with Crippen LogP contribution in [0.5, 0.6) is 5.75 Å². The zero-order chi connectivity index (χ0) is 14.5. The van der Waals surface area contributed by atoms with E-state index in [0.717, 1.165) is 6.54 Å². The minimum absolute atomic E-state index is 0.0951. The Morgan fingerprint density at radius 2 is 2.00 bits per heavy atom. The van der Waals surface area contributed by atoms with Gasteiger partial charge in [-0.25, -0.2) is 0 Å². The van der Waals surface area contributed by atoms with Crippen molar-refractivity contribution in [1.82, 2.24) is 5.32 Å². The van der Waals surface area contributed by atoms with Gasteiger partial charge in [-0.3, -0.25) is 0 Å². The standard InChI is InChI=1S/C13H17ClF3NO/c1-9(2)6-18-7-10-4-3-5-11(14)12(10)19-8-13(15,16)17/h3-5,9,18H,6-8H2,1-2H3. The quantitative estimate of drug-likeness (QED) is 0.855. The van der Waals surface area contributed by atoms with Crippen molar-refractivity contribution in [2.45, 2.75) is 26.6 Å². The molecule has 0 aliphatic carbocycles. The molecule has 0 radical (unpaired) electrons. The summed E-state index contributed by atoms with van der Waals surface area (Å²) in [6.07, 6.45) is -4.37. The van der Waals surface area contributed by atoms with Crippen LogP contribution in [-0.2, 0) is 6.54 Å². The van der Waals surface area contributed by atoms with Crippen molar-refractivity contribution in [3.8, 4) is 5.75 Å². The van der Waals surface area contributed by atoms with E-state index in [2.05, 4.69) is 5.32 Å². The van der Waals surface area contributed by atoms with Crippen LogP contribution in [0, 0.1) is 5.92 Å². The molecule has 0 aliphatic heterocycles. The highest BCUT2D eigenvalue weighted by molar-refractivity contribution is 6.32. The van der Waals surface area contributed by atoms with E-state index in [1.807, 2.05) is 13.8 Å². The number of rotatable bonds is 6. The summed E-state index contributed by atoms with van der Waals surface area (Å²) in [5.41, 5.74) is 0.623. The summed E-state index contributed by atoms with van der Waals surface area (Å²) < 4.78 is 41.3. The third kappa shape index (κ3) is 6.16. The number of nitrogens with one attached hydrogen (secondary N) is 1. The van der Waals surface area contributed by atoms with E-state index in [0.29, 0.717) is 18.0 Å². The average Bonchev–Trinajstić information content (AvgIpc) is 2.26. The highest BCUT2D eigenvalue weighted by Crippen LogP contribution is 2.30. The number of halogens is 4. The molecule has 108 valence electrons. The van der Waals surface area contributed by atoms with Crippen LogP contribution in [0.15, 0.2) is 18.2 Å².